The average Bonchev–Trinajstić information content (AvgIpc) is 2.39. The molecule has 1 aromatic heterocycles. The number of benzene rings is 1. The highest BCUT2D eigenvalue weighted by Gasteiger charge is 2.20. The van der Waals surface area contributed by atoms with Gasteiger partial charge in [-0.3, -0.25) is 14.9 Å². The van der Waals surface area contributed by atoms with E-state index < -0.39 is 10.8 Å². The van der Waals surface area contributed by atoms with Crippen LogP contribution in [0.3, 0.4) is 0 Å². The van der Waals surface area contributed by atoms with E-state index in [9.17, 15) is 14.9 Å². The summed E-state index contributed by atoms with van der Waals surface area (Å²) in [5.74, 6) is -0.561. The third kappa shape index (κ3) is 3.05. The summed E-state index contributed by atoms with van der Waals surface area (Å²) in [5, 5.41) is 13.7. The number of nitro benzene ring substituents is 1. The van der Waals surface area contributed by atoms with Crippen molar-refractivity contribution in [3.05, 3.63) is 63.4 Å². The van der Waals surface area contributed by atoms with Crippen LogP contribution >= 0.6 is 11.6 Å². The van der Waals surface area contributed by atoms with E-state index in [0.29, 0.717) is 5.69 Å². The fourth-order valence-electron chi connectivity index (χ4n) is 1.52. The summed E-state index contributed by atoms with van der Waals surface area (Å²) in [5.41, 5.74) is 0.169. The third-order valence-corrected chi connectivity index (χ3v) is 2.61. The van der Waals surface area contributed by atoms with E-state index in [1.54, 1.807) is 24.5 Å². The topological polar surface area (TPSA) is 86.4 Å². The van der Waals surface area contributed by atoms with Crippen LogP contribution in [0.5, 0.6) is 0 Å². The molecule has 1 heterocycles. The molecule has 0 saturated heterocycles. The largest absolute Gasteiger partial charge is 0.321 e. The number of halogens is 1. The lowest BCUT2D eigenvalue weighted by atomic mass is 10.1. The van der Waals surface area contributed by atoms with Gasteiger partial charge in [-0.15, -0.1) is 0 Å². The van der Waals surface area contributed by atoms with Gasteiger partial charge in [0.25, 0.3) is 11.6 Å². The van der Waals surface area contributed by atoms with Crippen LogP contribution in [0.2, 0.25) is 5.02 Å². The number of nitrogens with one attached hydrogen (secondary N) is 2. The molecule has 0 radical (unpaired) electrons. The number of carbonyl (C=O) groups excluding carboxylic acids is 1. The molecule has 7 heteroatoms. The molecule has 0 spiro atoms. The van der Waals surface area contributed by atoms with Crippen LogP contribution in [0.1, 0.15) is 10.4 Å². The van der Waals surface area contributed by atoms with Gasteiger partial charge in [0.05, 0.1) is 10.6 Å². The Balaban J connectivity index is 2.31. The standard InChI is InChI=1S/C12H8ClN3O3/c13-8-1-2-10(11(7-8)16(18)19)12(17)15-9-3-5-14-6-4-9/h1-7H,(H,14,15,17)/p+1. The van der Waals surface area contributed by atoms with Crippen molar-refractivity contribution >= 4 is 28.9 Å². The summed E-state index contributed by atoms with van der Waals surface area (Å²) in [6.07, 6.45) is 3.26. The van der Waals surface area contributed by atoms with Crippen molar-refractivity contribution in [2.24, 2.45) is 0 Å². The monoisotopic (exact) mass is 278 g/mol. The van der Waals surface area contributed by atoms with Crippen molar-refractivity contribution < 1.29 is 14.7 Å². The molecule has 0 aliphatic heterocycles. The number of nitro groups is 1. The van der Waals surface area contributed by atoms with Crippen LogP contribution < -0.4 is 10.3 Å². The summed E-state index contributed by atoms with van der Waals surface area (Å²) in [6.45, 7) is 0. The lowest BCUT2D eigenvalue weighted by Crippen LogP contribution is -2.14. The fourth-order valence-corrected chi connectivity index (χ4v) is 1.68. The number of hydrogen-bond acceptors (Lipinski definition) is 3. The molecule has 2 N–H and O–H groups in total. The molecule has 0 atom stereocenters. The number of carbonyl (C=O) groups is 1. The molecule has 0 fully saturated rings. The van der Waals surface area contributed by atoms with Crippen molar-refractivity contribution in [2.45, 2.75) is 0 Å². The molecule has 1 aromatic carbocycles. The van der Waals surface area contributed by atoms with Crippen LogP contribution in [0.25, 0.3) is 0 Å². The van der Waals surface area contributed by atoms with Gasteiger partial charge in [0.2, 0.25) is 0 Å². The predicted octanol–water partition coefficient (Wildman–Crippen LogP) is 2.31. The number of rotatable bonds is 3. The second kappa shape index (κ2) is 5.45. The lowest BCUT2D eigenvalue weighted by Gasteiger charge is -2.04. The molecule has 0 unspecified atom stereocenters. The lowest BCUT2D eigenvalue weighted by molar-refractivity contribution is -0.385. The number of anilines is 1. The van der Waals surface area contributed by atoms with Gasteiger partial charge in [-0.2, -0.15) is 0 Å². The first-order chi connectivity index (χ1) is 9.08. The highest BCUT2D eigenvalue weighted by molar-refractivity contribution is 6.31. The molecule has 2 aromatic rings. The summed E-state index contributed by atoms with van der Waals surface area (Å²) in [4.78, 5) is 25.0. The van der Waals surface area contributed by atoms with Crippen molar-refractivity contribution in [2.75, 3.05) is 5.32 Å². The van der Waals surface area contributed by atoms with E-state index in [-0.39, 0.29) is 16.3 Å². The summed E-state index contributed by atoms with van der Waals surface area (Å²) >= 11 is 5.69. The zero-order chi connectivity index (χ0) is 13.8. The normalized spacial score (nSPS) is 9.95. The van der Waals surface area contributed by atoms with Crippen LogP contribution in [0.15, 0.2) is 42.7 Å². The Bertz CT molecular complexity index is 631. The Morgan fingerprint density at radius 1 is 1.26 bits per heavy atom. The number of aromatic nitrogens is 1. The first-order valence-corrected chi connectivity index (χ1v) is 5.67. The van der Waals surface area contributed by atoms with Gasteiger partial charge in [-0.05, 0) is 12.1 Å². The zero-order valence-corrected chi connectivity index (χ0v) is 10.3. The van der Waals surface area contributed by atoms with Gasteiger partial charge in [-0.25, -0.2) is 4.98 Å². The smallest absolute Gasteiger partial charge is 0.283 e. The second-order valence-corrected chi connectivity index (χ2v) is 4.10. The Morgan fingerprint density at radius 2 is 1.95 bits per heavy atom. The number of pyridine rings is 1. The molecule has 19 heavy (non-hydrogen) atoms. The molecule has 0 saturated carbocycles. The number of amides is 1. The fraction of sp³-hybridized carbons (Fsp3) is 0. The second-order valence-electron chi connectivity index (χ2n) is 3.66. The van der Waals surface area contributed by atoms with Gasteiger partial charge in [0, 0.05) is 23.2 Å². The van der Waals surface area contributed by atoms with Gasteiger partial charge in [0.1, 0.15) is 5.56 Å². The average molecular weight is 279 g/mol. The van der Waals surface area contributed by atoms with Crippen LogP contribution in [0, 0.1) is 10.1 Å². The zero-order valence-electron chi connectivity index (χ0n) is 9.59. The number of aromatic amines is 1. The first-order valence-electron chi connectivity index (χ1n) is 5.29. The van der Waals surface area contributed by atoms with E-state index in [1.807, 2.05) is 0 Å². The molecule has 2 rings (SSSR count). The van der Waals surface area contributed by atoms with Crippen molar-refractivity contribution in [3.63, 3.8) is 0 Å². The molecule has 1 amide bonds. The SMILES string of the molecule is O=C(Nc1cc[nH+]cc1)c1ccc(Cl)cc1[N+](=O)[O-]. The van der Waals surface area contributed by atoms with Crippen molar-refractivity contribution in [1.82, 2.24) is 0 Å². The van der Waals surface area contributed by atoms with E-state index >= 15 is 0 Å². The molecular weight excluding hydrogens is 270 g/mol. The van der Waals surface area contributed by atoms with Gasteiger partial charge in [-0.1, -0.05) is 11.6 Å². The highest BCUT2D eigenvalue weighted by Crippen LogP contribution is 2.24. The van der Waals surface area contributed by atoms with Crippen molar-refractivity contribution in [3.8, 4) is 0 Å². The molecule has 6 nitrogen and oxygen atoms in total. The number of H-pyrrole nitrogens is 1. The van der Waals surface area contributed by atoms with Gasteiger partial charge in [0.15, 0.2) is 12.4 Å². The third-order valence-electron chi connectivity index (χ3n) is 2.38. The Morgan fingerprint density at radius 3 is 2.58 bits per heavy atom. The number of hydrogen-bond donors (Lipinski definition) is 1. The first kappa shape index (κ1) is 13.0. The highest BCUT2D eigenvalue weighted by atomic mass is 35.5. The van der Waals surface area contributed by atoms with Crippen LogP contribution in [0.4, 0.5) is 11.4 Å². The number of nitrogens with zero attached hydrogens (tertiary/aromatic N) is 1. The van der Waals surface area contributed by atoms with Crippen LogP contribution in [-0.2, 0) is 0 Å². The van der Waals surface area contributed by atoms with E-state index in [2.05, 4.69) is 10.3 Å². The van der Waals surface area contributed by atoms with E-state index in [1.165, 1.54) is 12.1 Å². The van der Waals surface area contributed by atoms with Gasteiger partial charge < -0.3 is 5.32 Å². The quantitative estimate of drug-likeness (QED) is 0.690. The Kier molecular flexibility index (Phi) is 3.72. The van der Waals surface area contributed by atoms with Crippen LogP contribution in [-0.4, -0.2) is 10.8 Å². The minimum Gasteiger partial charge on any atom is -0.321 e. The Hall–Kier alpha value is -2.47. The van der Waals surface area contributed by atoms with E-state index in [0.717, 1.165) is 6.07 Å². The molecular formula is C12H9ClN3O3+. The summed E-state index contributed by atoms with van der Waals surface area (Å²) in [7, 11) is 0. The van der Waals surface area contributed by atoms with Crippen molar-refractivity contribution in [1.29, 1.82) is 0 Å². The summed E-state index contributed by atoms with van der Waals surface area (Å²) in [6, 6.07) is 7.18. The predicted molar refractivity (Wildman–Crippen MR) is 69.1 cm³/mol. The molecule has 96 valence electrons. The molecule has 0 aliphatic carbocycles. The maximum atomic E-state index is 12.0. The minimum atomic E-state index is -0.639. The Labute approximate surface area is 113 Å². The molecule has 0 bridgehead atoms. The summed E-state index contributed by atoms with van der Waals surface area (Å²) < 4.78 is 0. The maximum absolute atomic E-state index is 12.0. The molecule has 0 aliphatic rings. The maximum Gasteiger partial charge on any atom is 0.283 e. The van der Waals surface area contributed by atoms with E-state index in [4.69, 9.17) is 11.6 Å². The minimum absolute atomic E-state index is 0.0396. The van der Waals surface area contributed by atoms with Gasteiger partial charge >= 0.3 is 0 Å².